The van der Waals surface area contributed by atoms with Gasteiger partial charge in [0, 0.05) is 6.92 Å². The highest BCUT2D eigenvalue weighted by Gasteiger charge is 2.20. The van der Waals surface area contributed by atoms with Gasteiger partial charge in [0.1, 0.15) is 0 Å². The summed E-state index contributed by atoms with van der Waals surface area (Å²) in [6.07, 6.45) is 3.15. The van der Waals surface area contributed by atoms with Crippen LogP contribution >= 0.6 is 12.4 Å². The molecule has 1 amide bonds. The van der Waals surface area contributed by atoms with Gasteiger partial charge in [0.2, 0.25) is 11.8 Å². The van der Waals surface area contributed by atoms with Gasteiger partial charge in [-0.3, -0.25) is 4.79 Å². The Morgan fingerprint density at radius 3 is 3.00 bits per heavy atom. The van der Waals surface area contributed by atoms with Crippen molar-refractivity contribution in [2.45, 2.75) is 38.8 Å². The van der Waals surface area contributed by atoms with Crippen molar-refractivity contribution < 1.29 is 9.32 Å². The van der Waals surface area contributed by atoms with Crippen LogP contribution in [0, 0.1) is 6.92 Å². The molecule has 0 unspecified atom stereocenters. The molecule has 1 atom stereocenters. The Labute approximate surface area is 106 Å². The lowest BCUT2D eigenvalue weighted by Crippen LogP contribution is -2.46. The Bertz CT molecular complexity index is 363. The van der Waals surface area contributed by atoms with Gasteiger partial charge in [-0.25, -0.2) is 0 Å². The molecule has 0 aliphatic carbocycles. The third kappa shape index (κ3) is 3.98. The van der Waals surface area contributed by atoms with Crippen LogP contribution in [-0.4, -0.2) is 28.6 Å². The van der Waals surface area contributed by atoms with E-state index in [2.05, 4.69) is 20.8 Å². The Morgan fingerprint density at radius 2 is 2.41 bits per heavy atom. The number of nitrogens with one attached hydrogen (secondary N) is 2. The first-order valence-electron chi connectivity index (χ1n) is 5.56. The number of piperidine rings is 1. The molecular weight excluding hydrogens is 244 g/mol. The average molecular weight is 261 g/mol. The smallest absolute Gasteiger partial charge is 0.237 e. The number of amides is 1. The molecule has 2 N–H and O–H groups in total. The topological polar surface area (TPSA) is 80.0 Å². The minimum absolute atomic E-state index is 0. The SMILES string of the molecule is Cc1nc(CNC(=O)[C@H]2CCCCN2)no1.Cl. The summed E-state index contributed by atoms with van der Waals surface area (Å²) >= 11 is 0. The number of aromatic nitrogens is 2. The molecule has 6 nitrogen and oxygen atoms in total. The quantitative estimate of drug-likeness (QED) is 0.830. The van der Waals surface area contributed by atoms with Gasteiger partial charge >= 0.3 is 0 Å². The normalized spacial score (nSPS) is 19.5. The zero-order chi connectivity index (χ0) is 11.4. The molecule has 0 bridgehead atoms. The fraction of sp³-hybridized carbons (Fsp3) is 0.700. The van der Waals surface area contributed by atoms with Crippen LogP contribution in [-0.2, 0) is 11.3 Å². The molecule has 2 rings (SSSR count). The van der Waals surface area contributed by atoms with E-state index < -0.39 is 0 Å². The van der Waals surface area contributed by atoms with Gasteiger partial charge in [0.05, 0.1) is 12.6 Å². The Balaban J connectivity index is 0.00000144. The third-order valence-corrected chi connectivity index (χ3v) is 2.62. The molecule has 96 valence electrons. The summed E-state index contributed by atoms with van der Waals surface area (Å²) < 4.78 is 4.81. The second-order valence-electron chi connectivity index (χ2n) is 3.95. The van der Waals surface area contributed by atoms with Crippen LogP contribution in [0.5, 0.6) is 0 Å². The van der Waals surface area contributed by atoms with E-state index >= 15 is 0 Å². The van der Waals surface area contributed by atoms with Gasteiger partial charge in [-0.1, -0.05) is 11.6 Å². The summed E-state index contributed by atoms with van der Waals surface area (Å²) in [7, 11) is 0. The number of carbonyl (C=O) groups is 1. The van der Waals surface area contributed by atoms with Crippen molar-refractivity contribution in [2.24, 2.45) is 0 Å². The lowest BCUT2D eigenvalue weighted by Gasteiger charge is -2.22. The van der Waals surface area contributed by atoms with E-state index in [0.29, 0.717) is 18.3 Å². The van der Waals surface area contributed by atoms with Gasteiger partial charge in [-0.2, -0.15) is 4.98 Å². The number of halogens is 1. The van der Waals surface area contributed by atoms with Crippen molar-refractivity contribution >= 4 is 18.3 Å². The largest absolute Gasteiger partial charge is 0.347 e. The molecule has 1 aromatic rings. The van der Waals surface area contributed by atoms with Crippen LogP contribution in [0.3, 0.4) is 0 Å². The van der Waals surface area contributed by atoms with Crippen molar-refractivity contribution in [1.82, 2.24) is 20.8 Å². The van der Waals surface area contributed by atoms with Crippen LogP contribution in [0.15, 0.2) is 4.52 Å². The number of aryl methyl sites for hydroxylation is 1. The molecule has 0 radical (unpaired) electrons. The fourth-order valence-electron chi connectivity index (χ4n) is 1.78. The molecule has 1 aliphatic rings. The molecular formula is C10H17ClN4O2. The molecule has 17 heavy (non-hydrogen) atoms. The van der Waals surface area contributed by atoms with Crippen LogP contribution in [0.25, 0.3) is 0 Å². The van der Waals surface area contributed by atoms with Gasteiger partial charge < -0.3 is 15.2 Å². The highest BCUT2D eigenvalue weighted by atomic mass is 35.5. The van der Waals surface area contributed by atoms with Crippen molar-refractivity contribution in [3.63, 3.8) is 0 Å². The summed E-state index contributed by atoms with van der Waals surface area (Å²) in [6.45, 7) is 2.97. The Morgan fingerprint density at radius 1 is 1.59 bits per heavy atom. The number of carbonyl (C=O) groups excluding carboxylic acids is 1. The van der Waals surface area contributed by atoms with E-state index in [1.165, 1.54) is 0 Å². The summed E-state index contributed by atoms with van der Waals surface area (Å²) in [4.78, 5) is 15.7. The lowest BCUT2D eigenvalue weighted by atomic mass is 10.0. The minimum Gasteiger partial charge on any atom is -0.347 e. The molecule has 0 spiro atoms. The number of nitrogens with zero attached hydrogens (tertiary/aromatic N) is 2. The predicted molar refractivity (Wildman–Crippen MR) is 63.8 cm³/mol. The Kier molecular flexibility index (Phi) is 5.37. The van der Waals surface area contributed by atoms with Gasteiger partial charge in [0.15, 0.2) is 5.82 Å². The number of hydrogen-bond donors (Lipinski definition) is 2. The standard InChI is InChI=1S/C10H16N4O2.ClH/c1-7-13-9(14-16-7)6-12-10(15)8-4-2-3-5-11-8;/h8,11H,2-6H2,1H3,(H,12,15);1H/t8-;/m1./s1. The third-order valence-electron chi connectivity index (χ3n) is 2.62. The molecule has 7 heteroatoms. The van der Waals surface area contributed by atoms with E-state index in [9.17, 15) is 4.79 Å². The van der Waals surface area contributed by atoms with E-state index in [1.807, 2.05) is 0 Å². The van der Waals surface area contributed by atoms with Crippen molar-refractivity contribution in [3.8, 4) is 0 Å². The molecule has 0 saturated carbocycles. The monoisotopic (exact) mass is 260 g/mol. The molecule has 1 aromatic heterocycles. The predicted octanol–water partition coefficient (Wildman–Crippen LogP) is 0.558. The van der Waals surface area contributed by atoms with Gasteiger partial charge in [-0.05, 0) is 19.4 Å². The fourth-order valence-corrected chi connectivity index (χ4v) is 1.78. The molecule has 1 saturated heterocycles. The summed E-state index contributed by atoms with van der Waals surface area (Å²) in [6, 6.07) is -0.0678. The van der Waals surface area contributed by atoms with Crippen molar-refractivity contribution in [2.75, 3.05) is 6.54 Å². The van der Waals surface area contributed by atoms with Gasteiger partial charge in [0.25, 0.3) is 0 Å². The molecule has 0 aromatic carbocycles. The Hall–Kier alpha value is -1.14. The minimum atomic E-state index is -0.0678. The second-order valence-corrected chi connectivity index (χ2v) is 3.95. The van der Waals surface area contributed by atoms with E-state index in [1.54, 1.807) is 6.92 Å². The first-order valence-corrected chi connectivity index (χ1v) is 5.56. The van der Waals surface area contributed by atoms with E-state index in [-0.39, 0.29) is 24.4 Å². The lowest BCUT2D eigenvalue weighted by molar-refractivity contribution is -0.123. The first-order chi connectivity index (χ1) is 7.75. The van der Waals surface area contributed by atoms with Gasteiger partial charge in [-0.15, -0.1) is 12.4 Å². The highest BCUT2D eigenvalue weighted by Crippen LogP contribution is 2.06. The molecule has 2 heterocycles. The summed E-state index contributed by atoms with van der Waals surface area (Å²) in [5.41, 5.74) is 0. The van der Waals surface area contributed by atoms with Crippen molar-refractivity contribution in [1.29, 1.82) is 0 Å². The second kappa shape index (κ2) is 6.56. The maximum Gasteiger partial charge on any atom is 0.237 e. The maximum atomic E-state index is 11.7. The van der Waals surface area contributed by atoms with E-state index in [4.69, 9.17) is 4.52 Å². The van der Waals surface area contributed by atoms with Crippen LogP contribution < -0.4 is 10.6 Å². The first kappa shape index (κ1) is 13.9. The number of hydrogen-bond acceptors (Lipinski definition) is 5. The highest BCUT2D eigenvalue weighted by molar-refractivity contribution is 5.85. The molecule has 1 aliphatic heterocycles. The van der Waals surface area contributed by atoms with E-state index in [0.717, 1.165) is 25.8 Å². The zero-order valence-electron chi connectivity index (χ0n) is 9.73. The zero-order valence-corrected chi connectivity index (χ0v) is 10.5. The summed E-state index contributed by atoms with van der Waals surface area (Å²) in [5, 5.41) is 9.69. The van der Waals surface area contributed by atoms with Crippen molar-refractivity contribution in [3.05, 3.63) is 11.7 Å². The maximum absolute atomic E-state index is 11.7. The average Bonchev–Trinajstić information content (AvgIpc) is 2.73. The van der Waals surface area contributed by atoms with Crippen LogP contribution in [0.2, 0.25) is 0 Å². The van der Waals surface area contributed by atoms with Crippen LogP contribution in [0.1, 0.15) is 31.0 Å². The van der Waals surface area contributed by atoms with Crippen LogP contribution in [0.4, 0.5) is 0 Å². The molecule has 1 fully saturated rings. The number of rotatable bonds is 3. The summed E-state index contributed by atoms with van der Waals surface area (Å²) in [5.74, 6) is 1.05.